The fourth-order valence-electron chi connectivity index (χ4n) is 3.81. The number of aromatic nitrogens is 3. The van der Waals surface area contributed by atoms with Crippen LogP contribution in [-0.4, -0.2) is 27.7 Å². The lowest BCUT2D eigenvalue weighted by atomic mass is 10.1. The van der Waals surface area contributed by atoms with Gasteiger partial charge in [0.05, 0.1) is 24.2 Å². The Morgan fingerprint density at radius 1 is 1.08 bits per heavy atom. The third-order valence-corrected chi connectivity index (χ3v) is 5.95. The molecule has 0 aliphatic rings. The number of nitrogens with zero attached hydrogens (tertiary/aromatic N) is 3. The monoisotopic (exact) mass is 489 g/mol. The van der Waals surface area contributed by atoms with E-state index < -0.39 is 11.2 Å². The Bertz CT molecular complexity index is 1470. The summed E-state index contributed by atoms with van der Waals surface area (Å²) in [7, 11) is 1.46. The number of nitrogen functional groups attached to an aromatic ring is 1. The highest BCUT2D eigenvalue weighted by Crippen LogP contribution is 2.20. The molecule has 4 rings (SSSR count). The topological polar surface area (TPSA) is 136 Å². The molecule has 0 saturated carbocycles. The lowest BCUT2D eigenvalue weighted by Crippen LogP contribution is -2.39. The number of carbonyl (C=O) groups is 1. The number of amides is 1. The van der Waals surface area contributed by atoms with E-state index in [-0.39, 0.29) is 30.4 Å². The first-order chi connectivity index (χ1) is 17.2. The van der Waals surface area contributed by atoms with E-state index in [0.717, 1.165) is 22.4 Å². The van der Waals surface area contributed by atoms with Gasteiger partial charge in [-0.3, -0.25) is 19.1 Å². The normalized spacial score (nSPS) is 10.9. The Labute approximate surface area is 206 Å². The van der Waals surface area contributed by atoms with Gasteiger partial charge in [0.2, 0.25) is 5.91 Å². The predicted molar refractivity (Wildman–Crippen MR) is 135 cm³/mol. The highest BCUT2D eigenvalue weighted by Gasteiger charge is 2.21. The van der Waals surface area contributed by atoms with Gasteiger partial charge in [0.1, 0.15) is 23.9 Å². The van der Waals surface area contributed by atoms with Crippen LogP contribution >= 0.6 is 0 Å². The molecule has 1 amide bonds. The molecule has 0 spiro atoms. The Morgan fingerprint density at radius 3 is 2.42 bits per heavy atom. The zero-order valence-electron chi connectivity index (χ0n) is 20.3. The standard InChI is InChI=1S/C26H27N5O5/c1-16-21(17(2)36-29-16)15-35-20-11-9-18(10-12-20)13-22(32)30(3)23-24(27)31(26(34)28-25(23)33)14-19-7-5-4-6-8-19/h4-12H,13-15,27H2,1-3H3,(H,28,33,34). The number of nitrogens with one attached hydrogen (secondary N) is 1. The van der Waals surface area contributed by atoms with E-state index in [4.69, 9.17) is 15.0 Å². The van der Waals surface area contributed by atoms with Crippen molar-refractivity contribution < 1.29 is 14.1 Å². The van der Waals surface area contributed by atoms with Gasteiger partial charge in [0, 0.05) is 7.05 Å². The van der Waals surface area contributed by atoms with Crippen molar-refractivity contribution in [3.8, 4) is 5.75 Å². The number of aromatic amines is 1. The quantitative estimate of drug-likeness (QED) is 0.388. The molecule has 0 unspecified atom stereocenters. The zero-order chi connectivity index (χ0) is 25.8. The Morgan fingerprint density at radius 2 is 1.78 bits per heavy atom. The molecule has 2 heterocycles. The smallest absolute Gasteiger partial charge is 0.330 e. The summed E-state index contributed by atoms with van der Waals surface area (Å²) >= 11 is 0. The van der Waals surface area contributed by atoms with E-state index in [1.54, 1.807) is 24.3 Å². The molecule has 3 N–H and O–H groups in total. The number of ether oxygens (including phenoxy) is 1. The first-order valence-corrected chi connectivity index (χ1v) is 11.3. The first kappa shape index (κ1) is 24.5. The maximum atomic E-state index is 13.0. The summed E-state index contributed by atoms with van der Waals surface area (Å²) in [5, 5.41) is 3.91. The summed E-state index contributed by atoms with van der Waals surface area (Å²) in [6.45, 7) is 4.16. The minimum atomic E-state index is -0.722. The number of rotatable bonds is 8. The van der Waals surface area contributed by atoms with Crippen molar-refractivity contribution in [3.63, 3.8) is 0 Å². The molecular weight excluding hydrogens is 462 g/mol. The maximum Gasteiger partial charge on any atom is 0.330 e. The maximum absolute atomic E-state index is 13.0. The number of nitrogens with two attached hydrogens (primary N) is 1. The molecule has 0 bridgehead atoms. The van der Waals surface area contributed by atoms with Crippen LogP contribution < -0.4 is 26.6 Å². The van der Waals surface area contributed by atoms with Crippen LogP contribution in [0.3, 0.4) is 0 Å². The minimum absolute atomic E-state index is 0.0251. The number of hydrogen-bond donors (Lipinski definition) is 2. The first-order valence-electron chi connectivity index (χ1n) is 11.3. The van der Waals surface area contributed by atoms with Crippen LogP contribution in [0.4, 0.5) is 11.5 Å². The number of H-pyrrole nitrogens is 1. The third-order valence-electron chi connectivity index (χ3n) is 5.95. The van der Waals surface area contributed by atoms with Gasteiger partial charge in [0.25, 0.3) is 5.56 Å². The largest absolute Gasteiger partial charge is 0.489 e. The Kier molecular flexibility index (Phi) is 7.05. The molecule has 0 aliphatic carbocycles. The molecule has 36 heavy (non-hydrogen) atoms. The van der Waals surface area contributed by atoms with Gasteiger partial charge in [-0.15, -0.1) is 0 Å². The highest BCUT2D eigenvalue weighted by atomic mass is 16.5. The number of benzene rings is 2. The molecule has 186 valence electrons. The van der Waals surface area contributed by atoms with Crippen molar-refractivity contribution in [2.75, 3.05) is 17.7 Å². The summed E-state index contributed by atoms with van der Waals surface area (Å²) in [6, 6.07) is 16.3. The lowest BCUT2D eigenvalue weighted by Gasteiger charge is -2.20. The van der Waals surface area contributed by atoms with Crippen LogP contribution in [0, 0.1) is 13.8 Å². The third kappa shape index (κ3) is 5.22. The van der Waals surface area contributed by atoms with Crippen LogP contribution in [-0.2, 0) is 24.4 Å². The van der Waals surface area contributed by atoms with Crippen LogP contribution in [0.25, 0.3) is 0 Å². The van der Waals surface area contributed by atoms with E-state index >= 15 is 0 Å². The van der Waals surface area contributed by atoms with Gasteiger partial charge in [-0.25, -0.2) is 4.79 Å². The fraction of sp³-hybridized carbons (Fsp3) is 0.231. The Hall–Kier alpha value is -4.60. The van der Waals surface area contributed by atoms with E-state index in [9.17, 15) is 14.4 Å². The molecule has 2 aromatic carbocycles. The number of aryl methyl sites for hydroxylation is 2. The van der Waals surface area contributed by atoms with Crippen molar-refractivity contribution in [1.29, 1.82) is 0 Å². The summed E-state index contributed by atoms with van der Waals surface area (Å²) in [5.74, 6) is 0.906. The zero-order valence-corrected chi connectivity index (χ0v) is 20.3. The molecule has 0 atom stereocenters. The van der Waals surface area contributed by atoms with Gasteiger partial charge in [0.15, 0.2) is 5.69 Å². The summed E-state index contributed by atoms with van der Waals surface area (Å²) in [6.07, 6.45) is 0.0251. The molecule has 4 aromatic rings. The molecular formula is C26H27N5O5. The fourth-order valence-corrected chi connectivity index (χ4v) is 3.81. The molecule has 0 aliphatic heterocycles. The predicted octanol–water partition coefficient (Wildman–Crippen LogP) is 2.56. The van der Waals surface area contributed by atoms with Crippen molar-refractivity contribution in [3.05, 3.63) is 104 Å². The van der Waals surface area contributed by atoms with Gasteiger partial charge in [-0.2, -0.15) is 0 Å². The minimum Gasteiger partial charge on any atom is -0.489 e. The molecule has 10 heteroatoms. The second-order valence-electron chi connectivity index (χ2n) is 8.43. The summed E-state index contributed by atoms with van der Waals surface area (Å²) < 4.78 is 12.2. The number of carbonyl (C=O) groups excluding carboxylic acids is 1. The number of anilines is 2. The second kappa shape index (κ2) is 10.3. The van der Waals surface area contributed by atoms with Gasteiger partial charge < -0.3 is 19.9 Å². The van der Waals surface area contributed by atoms with Crippen molar-refractivity contribution in [2.45, 2.75) is 33.4 Å². The second-order valence-corrected chi connectivity index (χ2v) is 8.43. The van der Waals surface area contributed by atoms with Crippen molar-refractivity contribution >= 4 is 17.4 Å². The van der Waals surface area contributed by atoms with Gasteiger partial charge in [-0.05, 0) is 37.1 Å². The molecule has 0 radical (unpaired) electrons. The van der Waals surface area contributed by atoms with Crippen molar-refractivity contribution in [2.24, 2.45) is 0 Å². The molecule has 2 aromatic heterocycles. The van der Waals surface area contributed by atoms with E-state index in [0.29, 0.717) is 18.1 Å². The SMILES string of the molecule is Cc1noc(C)c1COc1ccc(CC(=O)N(C)c2c(N)n(Cc3ccccc3)c(=O)[nH]c2=O)cc1. The van der Waals surface area contributed by atoms with Crippen LogP contribution in [0.2, 0.25) is 0 Å². The molecule has 0 fully saturated rings. The number of likely N-dealkylation sites (N-methyl/N-ethyl adjacent to an activating group) is 1. The number of hydrogen-bond acceptors (Lipinski definition) is 7. The van der Waals surface area contributed by atoms with Crippen LogP contribution in [0.15, 0.2) is 68.7 Å². The van der Waals surface area contributed by atoms with Gasteiger partial charge in [-0.1, -0.05) is 47.6 Å². The summed E-state index contributed by atoms with van der Waals surface area (Å²) in [5.41, 5.74) is 7.99. The average Bonchev–Trinajstić information content (AvgIpc) is 3.18. The van der Waals surface area contributed by atoms with E-state index in [1.807, 2.05) is 44.2 Å². The van der Waals surface area contributed by atoms with Crippen LogP contribution in [0.5, 0.6) is 5.75 Å². The average molecular weight is 490 g/mol. The van der Waals surface area contributed by atoms with E-state index in [2.05, 4.69) is 10.1 Å². The molecule has 10 nitrogen and oxygen atoms in total. The summed E-state index contributed by atoms with van der Waals surface area (Å²) in [4.78, 5) is 41.4. The van der Waals surface area contributed by atoms with Gasteiger partial charge >= 0.3 is 5.69 Å². The van der Waals surface area contributed by atoms with E-state index in [1.165, 1.54) is 16.5 Å². The molecule has 0 saturated heterocycles. The van der Waals surface area contributed by atoms with Crippen LogP contribution in [0.1, 0.15) is 28.1 Å². The highest BCUT2D eigenvalue weighted by molar-refractivity contribution is 5.96. The van der Waals surface area contributed by atoms with Crippen molar-refractivity contribution in [1.82, 2.24) is 14.7 Å². The Balaban J connectivity index is 1.47. The lowest BCUT2D eigenvalue weighted by molar-refractivity contribution is -0.117.